The van der Waals surface area contributed by atoms with E-state index in [2.05, 4.69) is 10.6 Å². The fourth-order valence-electron chi connectivity index (χ4n) is 2.51. The lowest BCUT2D eigenvalue weighted by molar-refractivity contribution is -0.118. The molecule has 0 atom stereocenters. The summed E-state index contributed by atoms with van der Waals surface area (Å²) in [6, 6.07) is 10.7. The lowest BCUT2D eigenvalue weighted by Gasteiger charge is -2.16. The molecule has 0 aliphatic rings. The van der Waals surface area contributed by atoms with Crippen LogP contribution in [0.4, 0.5) is 11.4 Å². The molecule has 0 aliphatic heterocycles. The van der Waals surface area contributed by atoms with Crippen molar-refractivity contribution in [3.8, 4) is 5.75 Å². The number of aryl methyl sites for hydroxylation is 1. The Bertz CT molecular complexity index is 834. The van der Waals surface area contributed by atoms with Crippen LogP contribution in [-0.2, 0) is 9.59 Å². The Morgan fingerprint density at radius 3 is 2.30 bits per heavy atom. The van der Waals surface area contributed by atoms with Gasteiger partial charge >= 0.3 is 0 Å². The van der Waals surface area contributed by atoms with E-state index in [0.717, 1.165) is 11.1 Å². The number of anilines is 2. The highest BCUT2D eigenvalue weighted by Gasteiger charge is 2.13. The third-order valence-corrected chi connectivity index (χ3v) is 4.43. The minimum Gasteiger partial charge on any atom is -0.483 e. The number of amides is 2. The molecule has 2 aromatic rings. The second-order valence-corrected chi connectivity index (χ2v) is 7.02. The second-order valence-electron chi connectivity index (χ2n) is 6.61. The summed E-state index contributed by atoms with van der Waals surface area (Å²) in [5.41, 5.74) is 3.09. The summed E-state index contributed by atoms with van der Waals surface area (Å²) in [6.45, 7) is 7.65. The van der Waals surface area contributed by atoms with E-state index in [-0.39, 0.29) is 24.3 Å². The third kappa shape index (κ3) is 6.00. The molecular formula is C21H25ClN2O3. The van der Waals surface area contributed by atoms with E-state index in [4.69, 9.17) is 16.3 Å². The summed E-state index contributed by atoms with van der Waals surface area (Å²) in [5.74, 6) is 0.517. The molecule has 144 valence electrons. The second kappa shape index (κ2) is 9.42. The molecule has 2 aromatic carbocycles. The topological polar surface area (TPSA) is 67.4 Å². The van der Waals surface area contributed by atoms with Gasteiger partial charge in [-0.2, -0.15) is 0 Å². The van der Waals surface area contributed by atoms with Crippen LogP contribution in [0.15, 0.2) is 36.4 Å². The van der Waals surface area contributed by atoms with Crippen LogP contribution in [0.2, 0.25) is 5.02 Å². The summed E-state index contributed by atoms with van der Waals surface area (Å²) in [7, 11) is 0. The largest absolute Gasteiger partial charge is 0.483 e. The van der Waals surface area contributed by atoms with Gasteiger partial charge in [-0.1, -0.05) is 38.4 Å². The Hall–Kier alpha value is -2.53. The highest BCUT2D eigenvalue weighted by atomic mass is 35.5. The summed E-state index contributed by atoms with van der Waals surface area (Å²) < 4.78 is 5.74. The number of carbonyl (C=O) groups excluding carboxylic acids is 2. The number of rotatable bonds is 7. The third-order valence-electron chi connectivity index (χ3n) is 4.02. The predicted molar refractivity (Wildman–Crippen MR) is 110 cm³/mol. The standard InChI is InChI=1S/C21H25ClN2O3/c1-5-20(25)23-15-7-6-8-16(10-15)24-21(26)12-27-19-9-14(4)18(22)11-17(19)13(2)3/h6-11,13H,5,12H2,1-4H3,(H,23,25)(H,24,26). The van der Waals surface area contributed by atoms with Crippen LogP contribution in [0.25, 0.3) is 0 Å². The highest BCUT2D eigenvalue weighted by molar-refractivity contribution is 6.31. The Balaban J connectivity index is 2.02. The van der Waals surface area contributed by atoms with E-state index < -0.39 is 0 Å². The zero-order valence-electron chi connectivity index (χ0n) is 16.1. The molecule has 2 N–H and O–H groups in total. The van der Waals surface area contributed by atoms with E-state index in [9.17, 15) is 9.59 Å². The fraction of sp³-hybridized carbons (Fsp3) is 0.333. The van der Waals surface area contributed by atoms with Crippen LogP contribution in [0.1, 0.15) is 44.2 Å². The fourth-order valence-corrected chi connectivity index (χ4v) is 2.68. The van der Waals surface area contributed by atoms with Crippen molar-refractivity contribution in [1.82, 2.24) is 0 Å². The van der Waals surface area contributed by atoms with E-state index in [1.54, 1.807) is 31.2 Å². The van der Waals surface area contributed by atoms with Gasteiger partial charge in [0.1, 0.15) is 5.75 Å². The molecule has 0 unspecified atom stereocenters. The molecule has 0 bridgehead atoms. The monoisotopic (exact) mass is 388 g/mol. The highest BCUT2D eigenvalue weighted by Crippen LogP contribution is 2.32. The number of hydrogen-bond acceptors (Lipinski definition) is 3. The number of hydrogen-bond donors (Lipinski definition) is 2. The Labute approximate surface area is 165 Å². The van der Waals surface area contributed by atoms with Gasteiger partial charge in [-0.15, -0.1) is 0 Å². The maximum atomic E-state index is 12.3. The average Bonchev–Trinajstić information content (AvgIpc) is 2.62. The Kier molecular flexibility index (Phi) is 7.25. The summed E-state index contributed by atoms with van der Waals surface area (Å²) in [6.07, 6.45) is 0.392. The molecule has 5 nitrogen and oxygen atoms in total. The molecule has 27 heavy (non-hydrogen) atoms. The van der Waals surface area contributed by atoms with Gasteiger partial charge in [-0.3, -0.25) is 9.59 Å². The predicted octanol–water partition coefficient (Wildman–Crippen LogP) is 5.14. The van der Waals surface area contributed by atoms with Gasteiger partial charge < -0.3 is 15.4 Å². The first-order valence-electron chi connectivity index (χ1n) is 8.92. The zero-order valence-corrected chi connectivity index (χ0v) is 16.8. The number of nitrogens with one attached hydrogen (secondary N) is 2. The van der Waals surface area contributed by atoms with Gasteiger partial charge in [0.15, 0.2) is 6.61 Å². The van der Waals surface area contributed by atoms with Crippen LogP contribution in [-0.4, -0.2) is 18.4 Å². The molecule has 0 saturated heterocycles. The van der Waals surface area contributed by atoms with Gasteiger partial charge in [0.2, 0.25) is 5.91 Å². The molecule has 0 radical (unpaired) electrons. The van der Waals surface area contributed by atoms with E-state index >= 15 is 0 Å². The van der Waals surface area contributed by atoms with E-state index in [1.807, 2.05) is 32.9 Å². The van der Waals surface area contributed by atoms with Crippen LogP contribution >= 0.6 is 11.6 Å². The smallest absolute Gasteiger partial charge is 0.262 e. The first kappa shape index (κ1) is 20.8. The Morgan fingerprint density at radius 1 is 1.07 bits per heavy atom. The number of carbonyl (C=O) groups is 2. The molecule has 0 saturated carbocycles. The average molecular weight is 389 g/mol. The summed E-state index contributed by atoms with van der Waals surface area (Å²) in [4.78, 5) is 23.7. The maximum absolute atomic E-state index is 12.3. The molecule has 2 rings (SSSR count). The SMILES string of the molecule is CCC(=O)Nc1cccc(NC(=O)COc2cc(C)c(Cl)cc2C(C)C)c1. The van der Waals surface area contributed by atoms with Crippen molar-refractivity contribution >= 4 is 34.8 Å². The van der Waals surface area contributed by atoms with Gasteiger partial charge in [0.05, 0.1) is 0 Å². The van der Waals surface area contributed by atoms with E-state index in [0.29, 0.717) is 28.6 Å². The zero-order chi connectivity index (χ0) is 20.0. The van der Waals surface area contributed by atoms with Gasteiger partial charge in [0, 0.05) is 22.8 Å². The van der Waals surface area contributed by atoms with Crippen LogP contribution in [0, 0.1) is 6.92 Å². The minimum absolute atomic E-state index is 0.0823. The first-order chi connectivity index (χ1) is 12.8. The molecule has 0 spiro atoms. The van der Waals surface area contributed by atoms with Gasteiger partial charge in [0.25, 0.3) is 5.91 Å². The van der Waals surface area contributed by atoms with Crippen molar-refractivity contribution in [2.24, 2.45) is 0 Å². The van der Waals surface area contributed by atoms with Crippen molar-refractivity contribution in [3.63, 3.8) is 0 Å². The summed E-state index contributed by atoms with van der Waals surface area (Å²) >= 11 is 6.20. The van der Waals surface area contributed by atoms with E-state index in [1.165, 1.54) is 0 Å². The van der Waals surface area contributed by atoms with Crippen molar-refractivity contribution in [3.05, 3.63) is 52.5 Å². The molecule has 0 heterocycles. The maximum Gasteiger partial charge on any atom is 0.262 e. The first-order valence-corrected chi connectivity index (χ1v) is 9.30. The normalized spacial score (nSPS) is 10.6. The molecular weight excluding hydrogens is 364 g/mol. The molecule has 0 fully saturated rings. The molecule has 2 amide bonds. The number of halogens is 1. The van der Waals surface area contributed by atoms with Crippen molar-refractivity contribution in [2.75, 3.05) is 17.2 Å². The molecule has 0 aromatic heterocycles. The molecule has 0 aliphatic carbocycles. The number of ether oxygens (including phenoxy) is 1. The van der Waals surface area contributed by atoms with Crippen molar-refractivity contribution in [2.45, 2.75) is 40.0 Å². The summed E-state index contributed by atoms with van der Waals surface area (Å²) in [5, 5.41) is 6.22. The lowest BCUT2D eigenvalue weighted by atomic mass is 10.0. The van der Waals surface area contributed by atoms with Gasteiger partial charge in [-0.05, 0) is 54.3 Å². The Morgan fingerprint density at radius 2 is 1.70 bits per heavy atom. The quantitative estimate of drug-likeness (QED) is 0.690. The van der Waals surface area contributed by atoms with Crippen LogP contribution < -0.4 is 15.4 Å². The van der Waals surface area contributed by atoms with Crippen LogP contribution in [0.5, 0.6) is 5.75 Å². The minimum atomic E-state index is -0.281. The lowest BCUT2D eigenvalue weighted by Crippen LogP contribution is -2.21. The van der Waals surface area contributed by atoms with Crippen molar-refractivity contribution < 1.29 is 14.3 Å². The van der Waals surface area contributed by atoms with Crippen molar-refractivity contribution in [1.29, 1.82) is 0 Å². The number of benzene rings is 2. The van der Waals surface area contributed by atoms with Crippen LogP contribution in [0.3, 0.4) is 0 Å². The molecule has 6 heteroatoms. The van der Waals surface area contributed by atoms with Gasteiger partial charge in [-0.25, -0.2) is 0 Å².